The molecule has 0 bridgehead atoms. The zero-order valence-corrected chi connectivity index (χ0v) is 67.0. The highest BCUT2D eigenvalue weighted by atomic mass is 32.2. The van der Waals surface area contributed by atoms with Crippen LogP contribution in [0.2, 0.25) is 0 Å². The molecule has 0 unspecified atom stereocenters. The molecule has 19 rings (SSSR count). The number of halogens is 4. The molecule has 0 spiro atoms. The Balaban J connectivity index is 0.000000119. The van der Waals surface area contributed by atoms with Crippen molar-refractivity contribution in [1.82, 2.24) is 135 Å². The van der Waals surface area contributed by atoms with Gasteiger partial charge < -0.3 is 28.7 Å². The van der Waals surface area contributed by atoms with E-state index in [9.17, 15) is 34.4 Å². The topological polar surface area (TPSA) is 591 Å². The Hall–Kier alpha value is -15.6. The van der Waals surface area contributed by atoms with Gasteiger partial charge in [-0.1, -0.05) is 6.07 Å². The van der Waals surface area contributed by atoms with Crippen molar-refractivity contribution in [3.05, 3.63) is 189 Å². The molecule has 49 heteroatoms. The second-order valence-electron chi connectivity index (χ2n) is 27.8. The van der Waals surface area contributed by atoms with E-state index in [4.69, 9.17) is 38.6 Å². The number of aromatic nitrogens is 27. The first-order chi connectivity index (χ1) is 58.2. The normalized spacial score (nSPS) is 12.7. The minimum absolute atomic E-state index is 0.00261. The van der Waals surface area contributed by atoms with Crippen molar-refractivity contribution in [1.29, 1.82) is 5.26 Å². The molecule has 0 aliphatic carbocycles. The summed E-state index contributed by atoms with van der Waals surface area (Å²) in [6.45, 7) is 12.0. The van der Waals surface area contributed by atoms with Gasteiger partial charge in [0.2, 0.25) is 38.3 Å². The number of fused-ring (bicyclic) bond motifs is 5. The Bertz CT molecular complexity index is 7290. The van der Waals surface area contributed by atoms with Crippen LogP contribution in [0, 0.1) is 57.6 Å². The van der Waals surface area contributed by atoms with E-state index >= 15 is 0 Å². The third kappa shape index (κ3) is 16.7. The Labute approximate surface area is 683 Å². The van der Waals surface area contributed by atoms with E-state index in [0.29, 0.717) is 174 Å². The number of hydrogen-bond donors (Lipinski definition) is 5. The lowest BCUT2D eigenvalue weighted by molar-refractivity contribution is 0.0173. The fraction of sp³-hybridized carbons (Fsp3) is 0.233. The molecule has 0 saturated carbocycles. The predicted molar refractivity (Wildman–Crippen MR) is 427 cm³/mol. The summed E-state index contributed by atoms with van der Waals surface area (Å²) < 4.78 is 136. The summed E-state index contributed by atoms with van der Waals surface area (Å²) in [7, 11) is -4.85. The number of hydrogen-bond acceptors (Lipinski definition) is 36. The Morgan fingerprint density at radius 1 is 0.508 bits per heavy atom. The number of nitrogens with zero attached hydrogens (tertiary/aromatic N) is 29. The summed E-state index contributed by atoms with van der Waals surface area (Å²) in [4.78, 5) is 21.4. The molecule has 18 aromatic rings. The fourth-order valence-corrected chi connectivity index (χ4v) is 15.2. The Kier molecular flexibility index (Phi) is 21.8. The molecule has 0 amide bonds. The monoisotopic (exact) mass is 1700 g/mol. The lowest BCUT2D eigenvalue weighted by atomic mass is 10.1. The third-order valence-electron chi connectivity index (χ3n) is 19.6. The highest BCUT2D eigenvalue weighted by Gasteiger charge is 2.31. The van der Waals surface area contributed by atoms with Gasteiger partial charge in [0.25, 0.3) is 5.92 Å². The van der Waals surface area contributed by atoms with Crippen LogP contribution >= 0.6 is 0 Å². The van der Waals surface area contributed by atoms with E-state index in [1.54, 1.807) is 87.7 Å². The van der Waals surface area contributed by atoms with Crippen LogP contribution in [0.4, 0.5) is 51.8 Å². The van der Waals surface area contributed by atoms with Crippen molar-refractivity contribution in [2.45, 2.75) is 91.5 Å². The average molecular weight is 1710 g/mol. The van der Waals surface area contributed by atoms with Gasteiger partial charge in [-0.2, -0.15) is 35.9 Å². The molecule has 43 nitrogen and oxygen atoms in total. The maximum absolute atomic E-state index is 14.4. The quantitative estimate of drug-likeness (QED) is 0.0578. The Morgan fingerprint density at radius 2 is 0.918 bits per heavy atom. The number of pyridine rings is 5. The maximum atomic E-state index is 14.4. The van der Waals surface area contributed by atoms with Gasteiger partial charge in [-0.3, -0.25) is 32.4 Å². The van der Waals surface area contributed by atoms with Crippen molar-refractivity contribution in [2.75, 3.05) is 51.5 Å². The number of sulfone groups is 1. The van der Waals surface area contributed by atoms with Crippen LogP contribution in [0.15, 0.2) is 138 Å². The minimum Gasteiger partial charge on any atom is -0.396 e. The number of nitriles is 1. The number of nitrogen functional groups attached to an aromatic ring is 5. The molecule has 10 N–H and O–H groups in total. The van der Waals surface area contributed by atoms with Gasteiger partial charge in [-0.25, -0.2) is 82.5 Å². The number of sulfonamides is 1. The van der Waals surface area contributed by atoms with Gasteiger partial charge in [0.1, 0.15) is 23.4 Å². The lowest BCUT2D eigenvalue weighted by Gasteiger charge is -2.13. The largest absolute Gasteiger partial charge is 0.396 e. The van der Waals surface area contributed by atoms with Gasteiger partial charge in [0.05, 0.1) is 106 Å². The smallest absolute Gasteiger partial charge is 0.273 e. The number of aryl methyl sites for hydroxylation is 6. The van der Waals surface area contributed by atoms with Crippen molar-refractivity contribution < 1.29 is 57.5 Å². The third-order valence-corrected chi connectivity index (χ3v) is 22.5. The average Bonchev–Trinajstić information content (AvgIpc) is 1.67. The fourth-order valence-electron chi connectivity index (χ4n) is 13.0. The van der Waals surface area contributed by atoms with Crippen molar-refractivity contribution in [3.63, 3.8) is 0 Å². The highest BCUT2D eigenvalue weighted by molar-refractivity contribution is 7.93. The molecule has 2 aromatic carbocycles. The molecule has 1 fully saturated rings. The van der Waals surface area contributed by atoms with Gasteiger partial charge >= 0.3 is 0 Å². The second kappa shape index (κ2) is 32.7. The molecule has 16 aromatic heterocycles. The van der Waals surface area contributed by atoms with E-state index < -0.39 is 37.4 Å². The summed E-state index contributed by atoms with van der Waals surface area (Å²) >= 11 is 0. The van der Waals surface area contributed by atoms with Crippen LogP contribution in [0.1, 0.15) is 80.8 Å². The second-order valence-corrected chi connectivity index (χ2v) is 31.8. The molecule has 1 aliphatic heterocycles. The molecule has 0 atom stereocenters. The zero-order chi connectivity index (χ0) is 86.4. The first-order valence-electron chi connectivity index (χ1n) is 36.3. The maximum Gasteiger partial charge on any atom is 0.273 e. The van der Waals surface area contributed by atoms with Gasteiger partial charge in [0.15, 0.2) is 43.2 Å². The number of alkyl halides is 2. The summed E-state index contributed by atoms with van der Waals surface area (Å²) in [6, 6.07) is 18.8. The standard InChI is InChI=1S/C17H12FN7O.C17H15FN6O3S.C14H14N8O.C13H15N7O3S.C12H12F2N6O/c1-9-12(15(20)16-17(21-9)24-26-23-16)8-25-5-4-14(22-25)10-2-3-11(7-19)13(18)6-10;1-9-12(15(19)16-17(20-9)23-27-22-16)8-24-6-5-14(21-24)11-4-3-10(7-13(11)18)28(2,25)26;1-8-9(12(15)13-14(17-8)20-23-19-13)7-22-6-4-10(18-22)11-3-5-16-21(11)2;1-8-9(11(14)12-13(15-8)18-23-17-12)7-19-5-3-10(16-19)20-4-2-6-24(20,21)22;1-6-8(9(15)10-11(17-6)19-21-18-10)5-20-4-7(3-16-20)12(2,13)14/h2-6H,8,20H2,1H3;3-7H,8,19H2,1-2H3;3-6H,7,15H2,1-2H3;3,5H,2,4,6-7,14H2,1H3;3-4H,5,15H2,1-2H3. The molecular weight excluding hydrogens is 1640 g/mol. The summed E-state index contributed by atoms with van der Waals surface area (Å²) in [5.41, 5.74) is 47.1. The van der Waals surface area contributed by atoms with Crippen molar-refractivity contribution in [3.8, 4) is 40.0 Å². The van der Waals surface area contributed by atoms with Gasteiger partial charge in [-0.05, 0) is 147 Å². The molecule has 624 valence electrons. The van der Waals surface area contributed by atoms with Crippen LogP contribution in [-0.4, -0.2) is 171 Å². The molecule has 122 heavy (non-hydrogen) atoms. The van der Waals surface area contributed by atoms with Crippen LogP contribution in [0.25, 0.3) is 89.7 Å². The first kappa shape index (κ1) is 81.5. The lowest BCUT2D eigenvalue weighted by Crippen LogP contribution is -2.25. The summed E-state index contributed by atoms with van der Waals surface area (Å²) in [5.74, 6) is -3.60. The minimum atomic E-state index is -3.49. The molecular formula is C73H68F4N34O9S2. The number of anilines is 6. The van der Waals surface area contributed by atoms with Crippen LogP contribution in [-0.2, 0) is 65.6 Å². The molecule has 0 radical (unpaired) electrons. The van der Waals surface area contributed by atoms with Crippen LogP contribution in [0.5, 0.6) is 0 Å². The van der Waals surface area contributed by atoms with Gasteiger partial charge in [0, 0.05) is 137 Å². The van der Waals surface area contributed by atoms with Crippen LogP contribution in [0.3, 0.4) is 0 Å². The summed E-state index contributed by atoms with van der Waals surface area (Å²) in [6.07, 6.45) is 12.8. The molecule has 17 heterocycles. The van der Waals surface area contributed by atoms with Crippen molar-refractivity contribution >= 4 is 110 Å². The van der Waals surface area contributed by atoms with E-state index in [0.717, 1.165) is 59.2 Å². The predicted octanol–water partition coefficient (Wildman–Crippen LogP) is 7.71. The first-order valence-corrected chi connectivity index (χ1v) is 39.8. The molecule has 1 saturated heterocycles. The van der Waals surface area contributed by atoms with E-state index in [-0.39, 0.29) is 40.4 Å². The van der Waals surface area contributed by atoms with Crippen LogP contribution < -0.4 is 33.0 Å². The number of nitrogens with two attached hydrogens (primary N) is 5. The van der Waals surface area contributed by atoms with Gasteiger partial charge in [-0.15, -0.1) is 0 Å². The highest BCUT2D eigenvalue weighted by Crippen LogP contribution is 2.34. The SMILES string of the molecule is Cc1nc2nonc2c(N)c1Cn1cc(C(C)(F)F)cn1.Cc1nc2nonc2c(N)c1Cn1ccc(-c2ccc(C#N)c(F)c2)n1.Cc1nc2nonc2c(N)c1Cn1ccc(-c2ccc(S(C)(=O)=O)cc2F)n1.Cc1nc2nonc2c(N)c1Cn1ccc(-c2ccnn2C)n1.Cc1nc2nonc2c(N)c1Cn1ccc(N2CCCS2(=O)=O)n1. The molecule has 1 aliphatic rings. The zero-order valence-electron chi connectivity index (χ0n) is 65.4. The number of rotatable bonds is 16. The van der Waals surface area contributed by atoms with Crippen molar-refractivity contribution in [2.24, 2.45) is 7.05 Å². The van der Waals surface area contributed by atoms with E-state index in [1.165, 1.54) is 39.4 Å². The van der Waals surface area contributed by atoms with E-state index in [2.05, 4.69) is 126 Å². The van der Waals surface area contributed by atoms with E-state index in [1.807, 2.05) is 50.8 Å². The summed E-state index contributed by atoms with van der Waals surface area (Å²) in [5, 5.41) is 71.8. The number of benzene rings is 2. The Morgan fingerprint density at radius 3 is 1.30 bits per heavy atom.